The molecular weight excluding hydrogens is 102 g/mol. The largest absolute Gasteiger partial charge is 0.367 e. The van der Waals surface area contributed by atoms with E-state index in [1.54, 1.807) is 7.11 Å². The van der Waals surface area contributed by atoms with Crippen molar-refractivity contribution < 1.29 is 4.74 Å². The van der Waals surface area contributed by atoms with E-state index in [2.05, 4.69) is 0 Å². The molecule has 2 heteroatoms. The maximum absolute atomic E-state index is 8.28. The lowest BCUT2D eigenvalue weighted by Crippen LogP contribution is -2.05. The molecule has 46 valence electrons. The Morgan fingerprint density at radius 2 is 2.38 bits per heavy atom. The molecule has 0 aliphatic carbocycles. The van der Waals surface area contributed by atoms with Crippen molar-refractivity contribution in [2.75, 3.05) is 7.11 Å². The summed E-state index contributed by atoms with van der Waals surface area (Å²) in [6.45, 7) is 2.03. The van der Waals surface area contributed by atoms with E-state index in [0.29, 0.717) is 0 Å². The summed E-state index contributed by atoms with van der Waals surface area (Å²) in [5, 5.41) is 8.28. The van der Waals surface area contributed by atoms with E-state index in [4.69, 9.17) is 10.00 Å². The average Bonchev–Trinajstić information content (AvgIpc) is 1.83. The van der Waals surface area contributed by atoms with E-state index in [1.807, 2.05) is 13.0 Å². The summed E-state index contributed by atoms with van der Waals surface area (Å²) in [5.41, 5.74) is 0. The number of nitrogens with zero attached hydrogens (tertiary/aromatic N) is 1. The molecule has 0 bridgehead atoms. The van der Waals surface area contributed by atoms with Gasteiger partial charge < -0.3 is 4.74 Å². The van der Waals surface area contributed by atoms with E-state index < -0.39 is 0 Å². The Morgan fingerprint density at radius 1 is 1.75 bits per heavy atom. The molecule has 0 amide bonds. The molecule has 0 heterocycles. The maximum atomic E-state index is 8.28. The predicted octanol–water partition coefficient (Wildman–Crippen LogP) is 1.33. The zero-order valence-corrected chi connectivity index (χ0v) is 5.35. The summed E-state index contributed by atoms with van der Waals surface area (Å²) < 4.78 is 4.78. The van der Waals surface area contributed by atoms with Gasteiger partial charge in [-0.2, -0.15) is 5.26 Å². The van der Waals surface area contributed by atoms with Crippen molar-refractivity contribution in [3.8, 4) is 6.07 Å². The van der Waals surface area contributed by atoms with Crippen LogP contribution in [0.3, 0.4) is 0 Å². The van der Waals surface area contributed by atoms with Gasteiger partial charge in [0.05, 0.1) is 6.07 Å². The van der Waals surface area contributed by atoms with Crippen LogP contribution in [0, 0.1) is 11.3 Å². The Kier molecular flexibility index (Phi) is 4.29. The van der Waals surface area contributed by atoms with Crippen LogP contribution in [-0.4, -0.2) is 13.2 Å². The highest BCUT2D eigenvalue weighted by Crippen LogP contribution is 1.97. The highest BCUT2D eigenvalue weighted by Gasteiger charge is 1.99. The van der Waals surface area contributed by atoms with Gasteiger partial charge in [-0.1, -0.05) is 13.3 Å². The molecule has 1 unspecified atom stereocenters. The minimum atomic E-state index is -0.194. The fraction of sp³-hybridized carbons (Fsp3) is 0.833. The van der Waals surface area contributed by atoms with Gasteiger partial charge in [0.15, 0.2) is 0 Å². The number of rotatable bonds is 3. The Morgan fingerprint density at radius 3 is 2.50 bits per heavy atom. The van der Waals surface area contributed by atoms with Crippen LogP contribution in [0.1, 0.15) is 19.8 Å². The molecular formula is C6H11NO. The van der Waals surface area contributed by atoms with Gasteiger partial charge in [-0.05, 0) is 6.42 Å². The maximum Gasteiger partial charge on any atom is 0.143 e. The fourth-order valence-corrected chi connectivity index (χ4v) is 0.497. The lowest BCUT2D eigenvalue weighted by atomic mass is 10.2. The SMILES string of the molecule is CCCC(C#N)OC. The van der Waals surface area contributed by atoms with E-state index >= 15 is 0 Å². The molecule has 0 aromatic heterocycles. The molecule has 0 aromatic carbocycles. The van der Waals surface area contributed by atoms with E-state index in [9.17, 15) is 0 Å². The van der Waals surface area contributed by atoms with Gasteiger partial charge in [-0.25, -0.2) is 0 Å². The quantitative estimate of drug-likeness (QED) is 0.553. The summed E-state index contributed by atoms with van der Waals surface area (Å²) in [4.78, 5) is 0. The number of hydrogen-bond donors (Lipinski definition) is 0. The lowest BCUT2D eigenvalue weighted by Gasteiger charge is -2.01. The van der Waals surface area contributed by atoms with E-state index in [0.717, 1.165) is 12.8 Å². The van der Waals surface area contributed by atoms with Gasteiger partial charge in [0.2, 0.25) is 0 Å². The van der Waals surface area contributed by atoms with Gasteiger partial charge in [0.25, 0.3) is 0 Å². The van der Waals surface area contributed by atoms with Crippen LogP contribution in [0.15, 0.2) is 0 Å². The highest BCUT2D eigenvalue weighted by molar-refractivity contribution is 4.82. The minimum absolute atomic E-state index is 0.194. The van der Waals surface area contributed by atoms with E-state index in [-0.39, 0.29) is 6.10 Å². The first kappa shape index (κ1) is 7.45. The van der Waals surface area contributed by atoms with Crippen LogP contribution in [-0.2, 0) is 4.74 Å². The predicted molar refractivity (Wildman–Crippen MR) is 31.3 cm³/mol. The summed E-state index contributed by atoms with van der Waals surface area (Å²) in [5.74, 6) is 0. The summed E-state index contributed by atoms with van der Waals surface area (Å²) in [7, 11) is 1.56. The lowest BCUT2D eigenvalue weighted by molar-refractivity contribution is 0.138. The van der Waals surface area contributed by atoms with Gasteiger partial charge in [0.1, 0.15) is 6.10 Å². The molecule has 0 radical (unpaired) electrons. The summed E-state index contributed by atoms with van der Waals surface area (Å²) in [6.07, 6.45) is 1.65. The minimum Gasteiger partial charge on any atom is -0.367 e. The van der Waals surface area contributed by atoms with Gasteiger partial charge >= 0.3 is 0 Å². The molecule has 1 atom stereocenters. The number of nitriles is 1. The molecule has 0 N–H and O–H groups in total. The summed E-state index contributed by atoms with van der Waals surface area (Å²) in [6, 6.07) is 2.03. The zero-order valence-electron chi connectivity index (χ0n) is 5.35. The van der Waals surface area contributed by atoms with Crippen molar-refractivity contribution in [3.05, 3.63) is 0 Å². The molecule has 0 aliphatic heterocycles. The molecule has 8 heavy (non-hydrogen) atoms. The van der Waals surface area contributed by atoms with Gasteiger partial charge in [-0.15, -0.1) is 0 Å². The highest BCUT2D eigenvalue weighted by atomic mass is 16.5. The Balaban J connectivity index is 3.26. The molecule has 0 saturated heterocycles. The van der Waals surface area contributed by atoms with Crippen LogP contribution < -0.4 is 0 Å². The van der Waals surface area contributed by atoms with Crippen LogP contribution in [0.5, 0.6) is 0 Å². The zero-order chi connectivity index (χ0) is 6.41. The third kappa shape index (κ3) is 2.59. The third-order valence-electron chi connectivity index (χ3n) is 0.979. The number of methoxy groups -OCH3 is 1. The third-order valence-corrected chi connectivity index (χ3v) is 0.979. The normalized spacial score (nSPS) is 12.6. The summed E-state index contributed by atoms with van der Waals surface area (Å²) >= 11 is 0. The first-order valence-electron chi connectivity index (χ1n) is 2.77. The van der Waals surface area contributed by atoms with Crippen molar-refractivity contribution >= 4 is 0 Å². The van der Waals surface area contributed by atoms with Gasteiger partial charge in [-0.3, -0.25) is 0 Å². The molecule has 0 spiro atoms. The number of hydrogen-bond acceptors (Lipinski definition) is 2. The van der Waals surface area contributed by atoms with Gasteiger partial charge in [0, 0.05) is 7.11 Å². The van der Waals surface area contributed by atoms with Crippen molar-refractivity contribution in [3.63, 3.8) is 0 Å². The van der Waals surface area contributed by atoms with Crippen molar-refractivity contribution in [2.45, 2.75) is 25.9 Å². The second kappa shape index (κ2) is 4.61. The first-order valence-corrected chi connectivity index (χ1v) is 2.77. The first-order chi connectivity index (χ1) is 3.85. The monoisotopic (exact) mass is 113 g/mol. The molecule has 0 saturated carbocycles. The number of ether oxygens (including phenoxy) is 1. The Hall–Kier alpha value is -0.550. The van der Waals surface area contributed by atoms with Crippen molar-refractivity contribution in [1.29, 1.82) is 5.26 Å². The van der Waals surface area contributed by atoms with Crippen LogP contribution in [0.4, 0.5) is 0 Å². The molecule has 0 aliphatic rings. The second-order valence-corrected chi connectivity index (χ2v) is 1.64. The average molecular weight is 113 g/mol. The Bertz CT molecular complexity index is 85.0. The Labute approximate surface area is 50.1 Å². The fourth-order valence-electron chi connectivity index (χ4n) is 0.497. The molecule has 0 fully saturated rings. The molecule has 2 nitrogen and oxygen atoms in total. The second-order valence-electron chi connectivity index (χ2n) is 1.64. The van der Waals surface area contributed by atoms with Crippen LogP contribution >= 0.6 is 0 Å². The molecule has 0 rings (SSSR count). The smallest absolute Gasteiger partial charge is 0.143 e. The standard InChI is InChI=1S/C6H11NO/c1-3-4-6(5-7)8-2/h6H,3-4H2,1-2H3. The van der Waals surface area contributed by atoms with Crippen molar-refractivity contribution in [2.24, 2.45) is 0 Å². The molecule has 0 aromatic rings. The van der Waals surface area contributed by atoms with Crippen molar-refractivity contribution in [1.82, 2.24) is 0 Å². The van der Waals surface area contributed by atoms with Crippen LogP contribution in [0.2, 0.25) is 0 Å². The topological polar surface area (TPSA) is 33.0 Å². The van der Waals surface area contributed by atoms with Crippen LogP contribution in [0.25, 0.3) is 0 Å². The van der Waals surface area contributed by atoms with E-state index in [1.165, 1.54) is 0 Å².